The lowest BCUT2D eigenvalue weighted by Gasteiger charge is -2.09. The molecule has 0 saturated carbocycles. The average Bonchev–Trinajstić information content (AvgIpc) is 2.61. The van der Waals surface area contributed by atoms with E-state index in [9.17, 15) is 9.59 Å². The Morgan fingerprint density at radius 2 is 1.81 bits per heavy atom. The summed E-state index contributed by atoms with van der Waals surface area (Å²) in [5, 5.41) is 3.10. The molecule has 0 saturated heterocycles. The molecule has 134 valence electrons. The Kier molecular flexibility index (Phi) is 6.69. The Morgan fingerprint density at radius 3 is 2.35 bits per heavy atom. The van der Waals surface area contributed by atoms with Crippen molar-refractivity contribution >= 4 is 29.5 Å². The second-order valence-electron chi connectivity index (χ2n) is 5.87. The molecule has 6 heteroatoms. The van der Waals surface area contributed by atoms with Crippen LogP contribution in [0, 0.1) is 12.8 Å². The molecule has 5 nitrogen and oxygen atoms in total. The van der Waals surface area contributed by atoms with Crippen LogP contribution in [0.15, 0.2) is 54.2 Å². The van der Waals surface area contributed by atoms with E-state index in [4.69, 9.17) is 22.1 Å². The normalized spacial score (nSPS) is 12.3. The molecule has 2 amide bonds. The van der Waals surface area contributed by atoms with Gasteiger partial charge in [0.15, 0.2) is 0 Å². The van der Waals surface area contributed by atoms with Gasteiger partial charge in [0.25, 0.3) is 11.8 Å². The first-order valence-corrected chi connectivity index (χ1v) is 8.37. The first-order chi connectivity index (χ1) is 12.3. The maximum Gasteiger partial charge on any atom is 0.265 e. The fourth-order valence-electron chi connectivity index (χ4n) is 2.03. The summed E-state index contributed by atoms with van der Waals surface area (Å²) in [6.45, 7) is 6.27. The van der Waals surface area contributed by atoms with Crippen LogP contribution >= 0.6 is 11.6 Å². The Hall–Kier alpha value is -2.92. The number of nitrogens with one attached hydrogen (secondary N) is 1. The van der Waals surface area contributed by atoms with Crippen LogP contribution < -0.4 is 15.8 Å². The molecule has 26 heavy (non-hydrogen) atoms. The smallest absolute Gasteiger partial charge is 0.265 e. The van der Waals surface area contributed by atoms with Gasteiger partial charge in [0, 0.05) is 10.6 Å². The zero-order chi connectivity index (χ0) is 19.1. The third kappa shape index (κ3) is 5.86. The second-order valence-corrected chi connectivity index (χ2v) is 6.30. The molecule has 2 aromatic rings. The van der Waals surface area contributed by atoms with Gasteiger partial charge in [-0.2, -0.15) is 0 Å². The van der Waals surface area contributed by atoms with Crippen LogP contribution in [0.1, 0.15) is 22.8 Å². The number of hydrogen-bond acceptors (Lipinski definition) is 3. The van der Waals surface area contributed by atoms with E-state index in [1.54, 1.807) is 48.5 Å². The number of rotatable bonds is 7. The molecular weight excluding hydrogens is 352 g/mol. The van der Waals surface area contributed by atoms with Gasteiger partial charge in [-0.25, -0.2) is 0 Å². The van der Waals surface area contributed by atoms with Crippen LogP contribution in [-0.2, 0) is 4.79 Å². The minimum Gasteiger partial charge on any atom is -0.489 e. The molecule has 1 unspecified atom stereocenters. The van der Waals surface area contributed by atoms with Gasteiger partial charge < -0.3 is 15.8 Å². The van der Waals surface area contributed by atoms with Crippen molar-refractivity contribution in [2.75, 3.05) is 6.61 Å². The zero-order valence-corrected chi connectivity index (χ0v) is 15.1. The standard InChI is InChI=1S/C20H19ClN2O3/c1-13(2)12-26-17-9-5-15(6-10-17)20(25)23-18(19(22)24)11-14-3-7-16(21)8-4-14/h3-11,13H,1,12H2,2H3,(H2-,22,23,24,25)/p+1/b18-11-. The molecule has 0 aromatic heterocycles. The molecule has 3 N–H and O–H groups in total. The van der Waals surface area contributed by atoms with E-state index < -0.39 is 11.8 Å². The second kappa shape index (κ2) is 8.97. The van der Waals surface area contributed by atoms with E-state index in [0.717, 1.165) is 0 Å². The van der Waals surface area contributed by atoms with Crippen LogP contribution in [0.5, 0.6) is 5.75 Å². The summed E-state index contributed by atoms with van der Waals surface area (Å²) in [6, 6.07) is 13.4. The van der Waals surface area contributed by atoms with Gasteiger partial charge in [0.1, 0.15) is 24.0 Å². The maximum absolute atomic E-state index is 12.3. The lowest BCUT2D eigenvalue weighted by molar-refractivity contribution is -0.114. The van der Waals surface area contributed by atoms with Crippen molar-refractivity contribution in [2.24, 2.45) is 11.7 Å². The van der Waals surface area contributed by atoms with Gasteiger partial charge >= 0.3 is 0 Å². The number of carbonyl (C=O) groups excluding carboxylic acids is 2. The first-order valence-electron chi connectivity index (χ1n) is 7.99. The maximum atomic E-state index is 12.3. The summed E-state index contributed by atoms with van der Waals surface area (Å²) >= 11 is 5.83. The highest BCUT2D eigenvalue weighted by molar-refractivity contribution is 6.30. The Labute approximate surface area is 157 Å². The van der Waals surface area contributed by atoms with E-state index >= 15 is 0 Å². The summed E-state index contributed by atoms with van der Waals surface area (Å²) in [7, 11) is 0. The number of primary amides is 1. The summed E-state index contributed by atoms with van der Waals surface area (Å²) in [4.78, 5) is 24.0. The Bertz CT molecular complexity index is 797. The lowest BCUT2D eigenvalue weighted by Crippen LogP contribution is -2.31. The molecule has 1 atom stereocenters. The summed E-state index contributed by atoms with van der Waals surface area (Å²) in [5.74, 6) is -0.378. The van der Waals surface area contributed by atoms with Crippen molar-refractivity contribution in [1.29, 1.82) is 0 Å². The Balaban J connectivity index is 2.10. The summed E-state index contributed by atoms with van der Waals surface area (Å²) in [5.41, 5.74) is 6.42. The predicted octanol–water partition coefficient (Wildman–Crippen LogP) is 3.45. The van der Waals surface area contributed by atoms with Crippen molar-refractivity contribution in [3.63, 3.8) is 0 Å². The molecule has 2 rings (SSSR count). The number of nitrogens with two attached hydrogens (primary N) is 1. The van der Waals surface area contributed by atoms with Gasteiger partial charge in [-0.3, -0.25) is 9.59 Å². The molecule has 0 bridgehead atoms. The van der Waals surface area contributed by atoms with E-state index in [0.29, 0.717) is 28.5 Å². The first kappa shape index (κ1) is 19.4. The largest absolute Gasteiger partial charge is 0.489 e. The molecule has 0 heterocycles. The highest BCUT2D eigenvalue weighted by Crippen LogP contribution is 2.15. The minimum atomic E-state index is -0.738. The molecule has 2 aromatic carbocycles. The molecular formula is C20H20ClN2O3+. The minimum absolute atomic E-state index is 0.0106. The zero-order valence-electron chi connectivity index (χ0n) is 14.4. The van der Waals surface area contributed by atoms with E-state index in [1.807, 2.05) is 6.92 Å². The number of halogens is 1. The number of benzene rings is 2. The lowest BCUT2D eigenvalue weighted by atomic mass is 10.1. The van der Waals surface area contributed by atoms with E-state index in [1.165, 1.54) is 6.08 Å². The van der Waals surface area contributed by atoms with Gasteiger partial charge in [-0.15, -0.1) is 0 Å². The van der Waals surface area contributed by atoms with Gasteiger partial charge in [-0.1, -0.05) is 23.7 Å². The fourth-order valence-corrected chi connectivity index (χ4v) is 2.16. The number of amides is 2. The van der Waals surface area contributed by atoms with Crippen LogP contribution in [0.3, 0.4) is 0 Å². The fraction of sp³-hybridized carbons (Fsp3) is 0.150. The van der Waals surface area contributed by atoms with E-state index in [-0.39, 0.29) is 11.6 Å². The van der Waals surface area contributed by atoms with E-state index in [2.05, 4.69) is 12.2 Å². The van der Waals surface area contributed by atoms with Crippen molar-refractivity contribution in [1.82, 2.24) is 5.32 Å². The van der Waals surface area contributed by atoms with Crippen LogP contribution in [0.25, 0.3) is 6.08 Å². The molecule has 0 aliphatic carbocycles. The molecule has 0 radical (unpaired) electrons. The number of ether oxygens (including phenoxy) is 1. The highest BCUT2D eigenvalue weighted by atomic mass is 35.5. The third-order valence-electron chi connectivity index (χ3n) is 3.35. The van der Waals surface area contributed by atoms with Crippen molar-refractivity contribution in [3.05, 3.63) is 77.3 Å². The molecule has 0 aliphatic heterocycles. The number of hydrogen-bond donors (Lipinski definition) is 2. The molecule has 0 fully saturated rings. The third-order valence-corrected chi connectivity index (χ3v) is 3.60. The van der Waals surface area contributed by atoms with Crippen molar-refractivity contribution in [2.45, 2.75) is 6.92 Å². The van der Waals surface area contributed by atoms with Crippen molar-refractivity contribution < 1.29 is 14.3 Å². The monoisotopic (exact) mass is 371 g/mol. The topological polar surface area (TPSA) is 81.4 Å². The Morgan fingerprint density at radius 1 is 1.19 bits per heavy atom. The van der Waals surface area contributed by atoms with Crippen LogP contribution in [0.2, 0.25) is 5.02 Å². The number of carbonyl (C=O) groups is 2. The summed E-state index contributed by atoms with van der Waals surface area (Å²) < 4.78 is 5.52. The molecule has 0 aliphatic rings. The van der Waals surface area contributed by atoms with Crippen molar-refractivity contribution in [3.8, 4) is 5.75 Å². The summed E-state index contributed by atoms with van der Waals surface area (Å²) in [6.07, 6.45) is 1.49. The van der Waals surface area contributed by atoms with Gasteiger partial charge in [-0.05, 0) is 55.0 Å². The van der Waals surface area contributed by atoms with Crippen LogP contribution in [0.4, 0.5) is 0 Å². The highest BCUT2D eigenvalue weighted by Gasteiger charge is 2.12. The molecule has 0 spiro atoms. The van der Waals surface area contributed by atoms with Gasteiger partial charge in [0.05, 0.1) is 6.92 Å². The average molecular weight is 372 g/mol. The van der Waals surface area contributed by atoms with Crippen LogP contribution in [-0.4, -0.2) is 18.4 Å². The van der Waals surface area contributed by atoms with Gasteiger partial charge in [0.2, 0.25) is 0 Å². The SMILES string of the molecule is [CH2+]C(C)COc1ccc(C(=O)N/C(=C\c2ccc(Cl)cc2)C(N)=O)cc1. The predicted molar refractivity (Wildman–Crippen MR) is 103 cm³/mol. The quantitative estimate of drug-likeness (QED) is 0.577.